The summed E-state index contributed by atoms with van der Waals surface area (Å²) in [6, 6.07) is 14.6. The molecule has 27 heavy (non-hydrogen) atoms. The summed E-state index contributed by atoms with van der Waals surface area (Å²) < 4.78 is 17.7. The van der Waals surface area contributed by atoms with Gasteiger partial charge >= 0.3 is 5.97 Å². The number of ether oxygens (including phenoxy) is 3. The van der Waals surface area contributed by atoms with Crippen LogP contribution in [-0.4, -0.2) is 47.3 Å². The van der Waals surface area contributed by atoms with Crippen LogP contribution < -0.4 is 9.47 Å². The van der Waals surface area contributed by atoms with E-state index in [0.717, 1.165) is 16.6 Å². The maximum atomic E-state index is 11.6. The first-order chi connectivity index (χ1) is 13.2. The standard InChI is InChI=1S/C19H19N3O4S/c1-24-17-9-4-3-8-16(17)22-13-20-21-19(22)27-11-10-26-15-7-5-6-14(12-15)18(23)25-2/h3-9,12-13H,10-11H2,1-2H3. The summed E-state index contributed by atoms with van der Waals surface area (Å²) in [5.41, 5.74) is 1.33. The number of aromatic nitrogens is 3. The van der Waals surface area contributed by atoms with Crippen LogP contribution in [0.3, 0.4) is 0 Å². The quantitative estimate of drug-likeness (QED) is 0.335. The molecule has 0 aliphatic carbocycles. The normalized spacial score (nSPS) is 10.4. The van der Waals surface area contributed by atoms with E-state index in [1.165, 1.54) is 18.9 Å². The highest BCUT2D eigenvalue weighted by atomic mass is 32.2. The van der Waals surface area contributed by atoms with Gasteiger partial charge in [-0.2, -0.15) is 0 Å². The van der Waals surface area contributed by atoms with Gasteiger partial charge in [0.15, 0.2) is 5.16 Å². The van der Waals surface area contributed by atoms with Crippen LogP contribution in [0, 0.1) is 0 Å². The lowest BCUT2D eigenvalue weighted by Gasteiger charge is -2.11. The van der Waals surface area contributed by atoms with Crippen molar-refractivity contribution in [3.63, 3.8) is 0 Å². The molecule has 0 aliphatic rings. The Kier molecular flexibility index (Phi) is 6.32. The fourth-order valence-electron chi connectivity index (χ4n) is 2.44. The van der Waals surface area contributed by atoms with Crippen LogP contribution in [0.1, 0.15) is 10.4 Å². The van der Waals surface area contributed by atoms with Crippen molar-refractivity contribution < 1.29 is 19.0 Å². The van der Waals surface area contributed by atoms with Crippen molar-refractivity contribution in [2.75, 3.05) is 26.6 Å². The molecule has 0 saturated heterocycles. The lowest BCUT2D eigenvalue weighted by Crippen LogP contribution is -2.05. The van der Waals surface area contributed by atoms with Crippen molar-refractivity contribution in [3.05, 3.63) is 60.4 Å². The molecule has 7 nitrogen and oxygen atoms in total. The van der Waals surface area contributed by atoms with Crippen molar-refractivity contribution in [1.82, 2.24) is 14.8 Å². The number of benzene rings is 2. The van der Waals surface area contributed by atoms with Gasteiger partial charge < -0.3 is 14.2 Å². The molecule has 140 valence electrons. The predicted molar refractivity (Wildman–Crippen MR) is 102 cm³/mol. The molecule has 0 amide bonds. The minimum atomic E-state index is -0.389. The molecule has 1 heterocycles. The molecule has 0 saturated carbocycles. The van der Waals surface area contributed by atoms with Crippen molar-refractivity contribution in [2.24, 2.45) is 0 Å². The fourth-order valence-corrected chi connectivity index (χ4v) is 3.18. The van der Waals surface area contributed by atoms with E-state index in [1.807, 2.05) is 28.8 Å². The van der Waals surface area contributed by atoms with Crippen LogP contribution in [0.5, 0.6) is 11.5 Å². The number of thioether (sulfide) groups is 1. The van der Waals surface area contributed by atoms with E-state index in [4.69, 9.17) is 14.2 Å². The zero-order valence-corrected chi connectivity index (χ0v) is 15.8. The van der Waals surface area contributed by atoms with Crippen molar-refractivity contribution in [3.8, 4) is 17.2 Å². The van der Waals surface area contributed by atoms with E-state index in [1.54, 1.807) is 37.7 Å². The molecule has 8 heteroatoms. The number of hydrogen-bond acceptors (Lipinski definition) is 7. The van der Waals surface area contributed by atoms with Gasteiger partial charge in [0.2, 0.25) is 0 Å². The summed E-state index contributed by atoms with van der Waals surface area (Å²) in [5.74, 6) is 1.63. The second-order valence-corrected chi connectivity index (χ2v) is 6.43. The molecule has 2 aromatic carbocycles. The van der Waals surface area contributed by atoms with Gasteiger partial charge in [-0.1, -0.05) is 30.0 Å². The maximum Gasteiger partial charge on any atom is 0.337 e. The Balaban J connectivity index is 1.60. The van der Waals surface area contributed by atoms with Crippen molar-refractivity contribution >= 4 is 17.7 Å². The number of carbonyl (C=O) groups excluding carboxylic acids is 1. The summed E-state index contributed by atoms with van der Waals surface area (Å²) in [6.07, 6.45) is 1.65. The summed E-state index contributed by atoms with van der Waals surface area (Å²) >= 11 is 1.52. The molecule has 3 aromatic rings. The molecule has 0 radical (unpaired) electrons. The number of nitrogens with zero attached hydrogens (tertiary/aromatic N) is 3. The molecule has 0 spiro atoms. The smallest absolute Gasteiger partial charge is 0.337 e. The van der Waals surface area contributed by atoms with E-state index in [2.05, 4.69) is 10.2 Å². The molecule has 1 aromatic heterocycles. The van der Waals surface area contributed by atoms with E-state index in [0.29, 0.717) is 23.7 Å². The third-order valence-corrected chi connectivity index (χ3v) is 4.61. The SMILES string of the molecule is COC(=O)c1cccc(OCCSc2nncn2-c2ccccc2OC)c1. The molecule has 0 unspecified atom stereocenters. The highest BCUT2D eigenvalue weighted by Gasteiger charge is 2.11. The average Bonchev–Trinajstić information content (AvgIpc) is 3.19. The second-order valence-electron chi connectivity index (χ2n) is 5.37. The van der Waals surface area contributed by atoms with Crippen LogP contribution in [-0.2, 0) is 4.74 Å². The van der Waals surface area contributed by atoms with Gasteiger partial charge in [-0.15, -0.1) is 10.2 Å². The highest BCUT2D eigenvalue weighted by molar-refractivity contribution is 7.99. The maximum absolute atomic E-state index is 11.6. The van der Waals surface area contributed by atoms with Gasteiger partial charge in [0.25, 0.3) is 0 Å². The molecular formula is C19H19N3O4S. The fraction of sp³-hybridized carbons (Fsp3) is 0.211. The summed E-state index contributed by atoms with van der Waals surface area (Å²) in [6.45, 7) is 0.452. The third kappa shape index (κ3) is 4.59. The number of para-hydroxylation sites is 2. The lowest BCUT2D eigenvalue weighted by atomic mass is 10.2. The largest absolute Gasteiger partial charge is 0.495 e. The second kappa shape index (κ2) is 9.09. The van der Waals surface area contributed by atoms with Crippen LogP contribution in [0.25, 0.3) is 5.69 Å². The molecule has 0 bridgehead atoms. The zero-order valence-electron chi connectivity index (χ0n) is 15.0. The highest BCUT2D eigenvalue weighted by Crippen LogP contribution is 2.26. The predicted octanol–water partition coefficient (Wildman–Crippen LogP) is 3.23. The minimum Gasteiger partial charge on any atom is -0.495 e. The minimum absolute atomic E-state index is 0.389. The summed E-state index contributed by atoms with van der Waals surface area (Å²) in [4.78, 5) is 11.6. The average molecular weight is 385 g/mol. The van der Waals surface area contributed by atoms with Crippen LogP contribution in [0.2, 0.25) is 0 Å². The molecule has 3 rings (SSSR count). The van der Waals surface area contributed by atoms with E-state index in [9.17, 15) is 4.79 Å². The van der Waals surface area contributed by atoms with Crippen molar-refractivity contribution in [1.29, 1.82) is 0 Å². The Morgan fingerprint density at radius 3 is 2.81 bits per heavy atom. The molecule has 0 N–H and O–H groups in total. The topological polar surface area (TPSA) is 75.5 Å². The van der Waals surface area contributed by atoms with Gasteiger partial charge in [0.05, 0.1) is 32.1 Å². The first-order valence-electron chi connectivity index (χ1n) is 8.20. The van der Waals surface area contributed by atoms with Gasteiger partial charge in [0, 0.05) is 5.75 Å². The summed E-state index contributed by atoms with van der Waals surface area (Å²) in [7, 11) is 2.98. The van der Waals surface area contributed by atoms with Gasteiger partial charge in [-0.05, 0) is 30.3 Å². The Morgan fingerprint density at radius 2 is 2.00 bits per heavy atom. The van der Waals surface area contributed by atoms with Crippen molar-refractivity contribution in [2.45, 2.75) is 5.16 Å². The van der Waals surface area contributed by atoms with E-state index < -0.39 is 0 Å². The lowest BCUT2D eigenvalue weighted by molar-refractivity contribution is 0.0600. The van der Waals surface area contributed by atoms with E-state index in [-0.39, 0.29) is 5.97 Å². The molecular weight excluding hydrogens is 366 g/mol. The Labute approximate surface area is 161 Å². The van der Waals surface area contributed by atoms with Gasteiger partial charge in [-0.25, -0.2) is 4.79 Å². The van der Waals surface area contributed by atoms with Gasteiger partial charge in [0.1, 0.15) is 17.8 Å². The number of rotatable bonds is 8. The number of methoxy groups -OCH3 is 2. The third-order valence-electron chi connectivity index (χ3n) is 3.70. The number of hydrogen-bond donors (Lipinski definition) is 0. The molecule has 0 fully saturated rings. The first-order valence-corrected chi connectivity index (χ1v) is 9.19. The Hall–Kier alpha value is -3.00. The van der Waals surface area contributed by atoms with Gasteiger partial charge in [-0.3, -0.25) is 4.57 Å². The number of carbonyl (C=O) groups is 1. The Bertz CT molecular complexity index is 913. The summed E-state index contributed by atoms with van der Waals surface area (Å²) in [5, 5.41) is 8.90. The monoisotopic (exact) mass is 385 g/mol. The van der Waals surface area contributed by atoms with Crippen LogP contribution in [0.15, 0.2) is 60.0 Å². The Morgan fingerprint density at radius 1 is 1.15 bits per heavy atom. The van der Waals surface area contributed by atoms with Crippen LogP contribution in [0.4, 0.5) is 0 Å². The molecule has 0 atom stereocenters. The number of esters is 1. The van der Waals surface area contributed by atoms with E-state index >= 15 is 0 Å². The zero-order chi connectivity index (χ0) is 19.1. The first kappa shape index (κ1) is 18.8. The van der Waals surface area contributed by atoms with Crippen LogP contribution >= 0.6 is 11.8 Å². The molecule has 0 aliphatic heterocycles.